The van der Waals surface area contributed by atoms with Gasteiger partial charge in [0.05, 0.1) is 16.9 Å². The van der Waals surface area contributed by atoms with E-state index < -0.39 is 0 Å². The van der Waals surface area contributed by atoms with Crippen LogP contribution in [0.3, 0.4) is 0 Å². The fourth-order valence-electron chi connectivity index (χ4n) is 2.82. The summed E-state index contributed by atoms with van der Waals surface area (Å²) < 4.78 is 2.87. The molecule has 1 unspecified atom stereocenters. The van der Waals surface area contributed by atoms with Crippen LogP contribution >= 0.6 is 0 Å². The van der Waals surface area contributed by atoms with Crippen molar-refractivity contribution in [2.45, 2.75) is 19.9 Å². The third kappa shape index (κ3) is 2.17. The first kappa shape index (κ1) is 14.3. The van der Waals surface area contributed by atoms with Gasteiger partial charge in [0.2, 0.25) is 0 Å². The summed E-state index contributed by atoms with van der Waals surface area (Å²) in [6, 6.07) is 14.9. The maximum absolute atomic E-state index is 12.8. The van der Waals surface area contributed by atoms with Gasteiger partial charge in [0.15, 0.2) is 0 Å². The second-order valence-electron chi connectivity index (χ2n) is 5.62. The topological polar surface area (TPSA) is 44.0 Å². The van der Waals surface area contributed by atoms with E-state index in [1.807, 2.05) is 62.4 Å². The highest BCUT2D eigenvalue weighted by Gasteiger charge is 2.17. The SMILES string of the molecule is Cc1ccc2c(c1)c(=O)n(C(C)c1ccccc1)c(=O)n2C. The van der Waals surface area contributed by atoms with E-state index in [9.17, 15) is 9.59 Å². The molecule has 1 heterocycles. The largest absolute Gasteiger partial charge is 0.331 e. The monoisotopic (exact) mass is 294 g/mol. The number of nitrogens with zero attached hydrogens (tertiary/aromatic N) is 2. The fraction of sp³-hybridized carbons (Fsp3) is 0.222. The Morgan fingerprint density at radius 2 is 1.68 bits per heavy atom. The maximum Gasteiger partial charge on any atom is 0.331 e. The first-order valence-electron chi connectivity index (χ1n) is 7.27. The molecule has 1 atom stereocenters. The van der Waals surface area contributed by atoms with Crippen LogP contribution in [0.1, 0.15) is 24.1 Å². The molecule has 2 aromatic carbocycles. The summed E-state index contributed by atoms with van der Waals surface area (Å²) in [5.74, 6) is 0. The van der Waals surface area contributed by atoms with Gasteiger partial charge in [0.25, 0.3) is 5.56 Å². The van der Waals surface area contributed by atoms with E-state index in [2.05, 4.69) is 0 Å². The average Bonchev–Trinajstić information content (AvgIpc) is 2.53. The van der Waals surface area contributed by atoms with Crippen molar-refractivity contribution in [1.29, 1.82) is 0 Å². The first-order valence-corrected chi connectivity index (χ1v) is 7.27. The molecule has 0 saturated carbocycles. The number of aromatic nitrogens is 2. The highest BCUT2D eigenvalue weighted by Crippen LogP contribution is 2.16. The number of fused-ring (bicyclic) bond motifs is 1. The Balaban J connectivity index is 2.35. The fourth-order valence-corrected chi connectivity index (χ4v) is 2.82. The van der Waals surface area contributed by atoms with Crippen molar-refractivity contribution in [2.75, 3.05) is 0 Å². The lowest BCUT2D eigenvalue weighted by Crippen LogP contribution is -2.41. The molecule has 0 bridgehead atoms. The van der Waals surface area contributed by atoms with E-state index in [0.717, 1.165) is 11.1 Å². The lowest BCUT2D eigenvalue weighted by Gasteiger charge is -2.17. The van der Waals surface area contributed by atoms with Crippen LogP contribution in [0, 0.1) is 6.92 Å². The summed E-state index contributed by atoms with van der Waals surface area (Å²) in [7, 11) is 1.70. The molecule has 112 valence electrons. The second-order valence-corrected chi connectivity index (χ2v) is 5.62. The zero-order valence-electron chi connectivity index (χ0n) is 12.9. The standard InChI is InChI=1S/C18H18N2O2/c1-12-9-10-16-15(11-12)17(21)20(18(22)19(16)3)13(2)14-7-5-4-6-8-14/h4-11,13H,1-3H3. The van der Waals surface area contributed by atoms with Crippen LogP contribution < -0.4 is 11.2 Å². The van der Waals surface area contributed by atoms with Crippen molar-refractivity contribution in [2.24, 2.45) is 7.05 Å². The molecule has 0 saturated heterocycles. The molecule has 0 N–H and O–H groups in total. The van der Waals surface area contributed by atoms with Crippen LogP contribution in [0.5, 0.6) is 0 Å². The van der Waals surface area contributed by atoms with Crippen molar-refractivity contribution < 1.29 is 0 Å². The van der Waals surface area contributed by atoms with Gasteiger partial charge in [-0.2, -0.15) is 0 Å². The van der Waals surface area contributed by atoms with Crippen LogP contribution in [-0.2, 0) is 7.05 Å². The molecule has 0 radical (unpaired) electrons. The van der Waals surface area contributed by atoms with E-state index in [0.29, 0.717) is 10.9 Å². The Morgan fingerprint density at radius 3 is 2.36 bits per heavy atom. The molecule has 22 heavy (non-hydrogen) atoms. The molecule has 0 amide bonds. The summed E-state index contributed by atoms with van der Waals surface area (Å²) in [5, 5.41) is 0.574. The van der Waals surface area contributed by atoms with Crippen molar-refractivity contribution >= 4 is 10.9 Å². The van der Waals surface area contributed by atoms with E-state index >= 15 is 0 Å². The van der Waals surface area contributed by atoms with Crippen molar-refractivity contribution in [1.82, 2.24) is 9.13 Å². The molecule has 3 aromatic rings. The lowest BCUT2D eigenvalue weighted by molar-refractivity contribution is 0.561. The molecule has 3 rings (SSSR count). The number of aryl methyl sites for hydroxylation is 2. The van der Waals surface area contributed by atoms with Crippen LogP contribution in [0.25, 0.3) is 10.9 Å². The predicted molar refractivity (Wildman–Crippen MR) is 88.4 cm³/mol. The van der Waals surface area contributed by atoms with E-state index in [-0.39, 0.29) is 17.3 Å². The Kier molecular flexibility index (Phi) is 3.45. The minimum Gasteiger partial charge on any atom is -0.296 e. The smallest absolute Gasteiger partial charge is 0.296 e. The van der Waals surface area contributed by atoms with Gasteiger partial charge < -0.3 is 0 Å². The van der Waals surface area contributed by atoms with Crippen LogP contribution in [-0.4, -0.2) is 9.13 Å². The van der Waals surface area contributed by atoms with Crippen LogP contribution in [0.4, 0.5) is 0 Å². The molecular formula is C18H18N2O2. The summed E-state index contributed by atoms with van der Waals surface area (Å²) in [6.45, 7) is 3.81. The first-order chi connectivity index (χ1) is 10.5. The number of hydrogen-bond acceptors (Lipinski definition) is 2. The summed E-state index contributed by atoms with van der Waals surface area (Å²) in [4.78, 5) is 25.4. The average molecular weight is 294 g/mol. The molecular weight excluding hydrogens is 276 g/mol. The van der Waals surface area contributed by atoms with E-state index in [4.69, 9.17) is 0 Å². The van der Waals surface area contributed by atoms with E-state index in [1.165, 1.54) is 9.13 Å². The molecule has 0 aliphatic heterocycles. The molecule has 4 nitrogen and oxygen atoms in total. The number of rotatable bonds is 2. The van der Waals surface area contributed by atoms with Gasteiger partial charge in [-0.05, 0) is 31.5 Å². The summed E-state index contributed by atoms with van der Waals surface area (Å²) in [6.07, 6.45) is 0. The van der Waals surface area contributed by atoms with Crippen molar-refractivity contribution in [3.63, 3.8) is 0 Å². The van der Waals surface area contributed by atoms with Gasteiger partial charge in [0, 0.05) is 7.05 Å². The third-order valence-electron chi connectivity index (χ3n) is 4.12. The van der Waals surface area contributed by atoms with Gasteiger partial charge in [-0.1, -0.05) is 42.0 Å². The van der Waals surface area contributed by atoms with Gasteiger partial charge in [0.1, 0.15) is 0 Å². The van der Waals surface area contributed by atoms with E-state index in [1.54, 1.807) is 7.05 Å². The zero-order valence-corrected chi connectivity index (χ0v) is 12.9. The summed E-state index contributed by atoms with van der Waals surface area (Å²) >= 11 is 0. The second kappa shape index (κ2) is 5.30. The number of benzene rings is 2. The lowest BCUT2D eigenvalue weighted by atomic mass is 10.1. The van der Waals surface area contributed by atoms with Gasteiger partial charge in [-0.15, -0.1) is 0 Å². The van der Waals surface area contributed by atoms with Gasteiger partial charge in [-0.25, -0.2) is 4.79 Å². The van der Waals surface area contributed by atoms with Gasteiger partial charge in [-0.3, -0.25) is 13.9 Å². The summed E-state index contributed by atoms with van der Waals surface area (Å²) in [5.41, 5.74) is 2.07. The predicted octanol–water partition coefficient (Wildman–Crippen LogP) is 2.62. The molecule has 0 fully saturated rings. The van der Waals surface area contributed by atoms with Crippen molar-refractivity contribution in [3.05, 3.63) is 80.5 Å². The molecule has 1 aromatic heterocycles. The van der Waals surface area contributed by atoms with Crippen LogP contribution in [0.2, 0.25) is 0 Å². The molecule has 4 heteroatoms. The Bertz CT molecular complexity index is 952. The molecule has 0 aliphatic carbocycles. The third-order valence-corrected chi connectivity index (χ3v) is 4.12. The van der Waals surface area contributed by atoms with Crippen LogP contribution in [0.15, 0.2) is 58.1 Å². The normalized spacial score (nSPS) is 12.5. The Morgan fingerprint density at radius 1 is 1.00 bits per heavy atom. The quantitative estimate of drug-likeness (QED) is 0.729. The Labute approximate surface area is 128 Å². The minimum atomic E-state index is -0.308. The highest BCUT2D eigenvalue weighted by atomic mass is 16.2. The van der Waals surface area contributed by atoms with Crippen molar-refractivity contribution in [3.8, 4) is 0 Å². The van der Waals surface area contributed by atoms with Gasteiger partial charge >= 0.3 is 5.69 Å². The number of hydrogen-bond donors (Lipinski definition) is 0. The highest BCUT2D eigenvalue weighted by molar-refractivity contribution is 5.78. The molecule has 0 spiro atoms. The molecule has 0 aliphatic rings. The Hall–Kier alpha value is -2.62. The zero-order chi connectivity index (χ0) is 15.9. The maximum atomic E-state index is 12.8. The minimum absolute atomic E-state index is 0.238.